The Morgan fingerprint density at radius 2 is 2.08 bits per heavy atom. The molecule has 1 aromatic rings. The monoisotopic (exact) mass is 374 g/mol. The highest BCUT2D eigenvalue weighted by Crippen LogP contribution is 2.36. The maximum Gasteiger partial charge on any atom is 0.338 e. The summed E-state index contributed by atoms with van der Waals surface area (Å²) in [5.41, 5.74) is 0.106. The van der Waals surface area contributed by atoms with E-state index in [0.717, 1.165) is 4.90 Å². The normalized spacial score (nSPS) is 16.1. The highest BCUT2D eigenvalue weighted by atomic mass is 32.2. The van der Waals surface area contributed by atoms with Crippen LogP contribution in [0, 0.1) is 12.3 Å². The van der Waals surface area contributed by atoms with Crippen LogP contribution < -0.4 is 10.6 Å². The fourth-order valence-electron chi connectivity index (χ4n) is 2.52. The predicted octanol–water partition coefficient (Wildman–Crippen LogP) is 2.58. The van der Waals surface area contributed by atoms with E-state index in [-0.39, 0.29) is 16.7 Å². The Labute approximate surface area is 157 Å². The lowest BCUT2D eigenvalue weighted by atomic mass is 9.94. The lowest BCUT2D eigenvalue weighted by Crippen LogP contribution is -2.48. The van der Waals surface area contributed by atoms with Crippen LogP contribution in [0.3, 0.4) is 0 Å². The summed E-state index contributed by atoms with van der Waals surface area (Å²) < 4.78 is 5.07. The molecule has 1 atom stereocenters. The van der Waals surface area contributed by atoms with E-state index in [0.29, 0.717) is 18.5 Å². The van der Waals surface area contributed by atoms with Crippen LogP contribution >= 0.6 is 11.8 Å². The van der Waals surface area contributed by atoms with Crippen LogP contribution in [0.15, 0.2) is 23.1 Å². The van der Waals surface area contributed by atoms with Crippen molar-refractivity contribution in [3.05, 3.63) is 23.8 Å². The lowest BCUT2D eigenvalue weighted by Gasteiger charge is -2.26. The molecular formula is C19H22N2O4S. The zero-order valence-electron chi connectivity index (χ0n) is 15.0. The largest absolute Gasteiger partial charge is 0.452 e. The molecule has 1 aromatic carbocycles. The molecule has 6 nitrogen and oxygen atoms in total. The van der Waals surface area contributed by atoms with Gasteiger partial charge in [-0.25, -0.2) is 4.79 Å². The molecule has 0 fully saturated rings. The van der Waals surface area contributed by atoms with Gasteiger partial charge in [0.2, 0.25) is 5.91 Å². The summed E-state index contributed by atoms with van der Waals surface area (Å²) in [6.45, 7) is 5.16. The highest BCUT2D eigenvalue weighted by molar-refractivity contribution is 8.00. The number of ether oxygens (including phenoxy) is 1. The van der Waals surface area contributed by atoms with Gasteiger partial charge in [-0.3, -0.25) is 9.59 Å². The third-order valence-corrected chi connectivity index (χ3v) is 5.52. The van der Waals surface area contributed by atoms with Crippen LogP contribution in [-0.4, -0.2) is 35.2 Å². The van der Waals surface area contributed by atoms with Gasteiger partial charge < -0.3 is 15.4 Å². The molecule has 0 bridgehead atoms. The number of carbonyl (C=O) groups excluding carboxylic acids is 3. The smallest absolute Gasteiger partial charge is 0.338 e. The van der Waals surface area contributed by atoms with Crippen LogP contribution in [0.1, 0.15) is 44.0 Å². The van der Waals surface area contributed by atoms with Crippen molar-refractivity contribution in [2.45, 2.75) is 49.3 Å². The minimum Gasteiger partial charge on any atom is -0.452 e. The second-order valence-corrected chi connectivity index (χ2v) is 7.40. The number of carbonyl (C=O) groups is 3. The second kappa shape index (κ2) is 8.28. The van der Waals surface area contributed by atoms with Crippen LogP contribution in [0.4, 0.5) is 5.69 Å². The summed E-state index contributed by atoms with van der Waals surface area (Å²) in [7, 11) is 0. The SMILES string of the molecule is C#CC(CC)(CC)NC(=O)COC(=O)c1ccc2c(c1)NC(=O)C(C)S2. The number of amides is 2. The Hall–Kier alpha value is -2.46. The molecule has 0 saturated carbocycles. The summed E-state index contributed by atoms with van der Waals surface area (Å²) in [6.07, 6.45) is 6.67. The molecule has 0 spiro atoms. The first-order valence-corrected chi connectivity index (χ1v) is 9.29. The second-order valence-electron chi connectivity index (χ2n) is 6.02. The van der Waals surface area contributed by atoms with Crippen LogP contribution in [0.25, 0.3) is 0 Å². The van der Waals surface area contributed by atoms with Crippen molar-refractivity contribution in [3.63, 3.8) is 0 Å². The van der Waals surface area contributed by atoms with Gasteiger partial charge in [-0.2, -0.15) is 0 Å². The van der Waals surface area contributed by atoms with Gasteiger partial charge in [0, 0.05) is 4.90 Å². The number of anilines is 1. The molecule has 0 radical (unpaired) electrons. The number of benzene rings is 1. The number of esters is 1. The van der Waals surface area contributed by atoms with E-state index in [2.05, 4.69) is 16.6 Å². The van der Waals surface area contributed by atoms with Crippen molar-refractivity contribution in [2.75, 3.05) is 11.9 Å². The van der Waals surface area contributed by atoms with Crippen molar-refractivity contribution in [2.24, 2.45) is 0 Å². The highest BCUT2D eigenvalue weighted by Gasteiger charge is 2.26. The van der Waals surface area contributed by atoms with E-state index in [4.69, 9.17) is 11.2 Å². The molecule has 2 amide bonds. The van der Waals surface area contributed by atoms with Crippen molar-refractivity contribution in [3.8, 4) is 12.3 Å². The Kier molecular flexibility index (Phi) is 6.32. The van der Waals surface area contributed by atoms with E-state index in [1.165, 1.54) is 11.8 Å². The number of fused-ring (bicyclic) bond motifs is 1. The Bertz CT molecular complexity index is 765. The number of hydrogen-bond donors (Lipinski definition) is 2. The summed E-state index contributed by atoms with van der Waals surface area (Å²) in [6, 6.07) is 4.92. The minimum atomic E-state index is -0.729. The van der Waals surface area contributed by atoms with E-state index in [1.807, 2.05) is 20.8 Å². The van der Waals surface area contributed by atoms with E-state index in [9.17, 15) is 14.4 Å². The zero-order chi connectivity index (χ0) is 19.3. The van der Waals surface area contributed by atoms with Crippen molar-refractivity contribution in [1.82, 2.24) is 5.32 Å². The van der Waals surface area contributed by atoms with E-state index in [1.54, 1.807) is 18.2 Å². The first kappa shape index (κ1) is 19.9. The zero-order valence-corrected chi connectivity index (χ0v) is 15.9. The van der Waals surface area contributed by atoms with Crippen LogP contribution in [0.5, 0.6) is 0 Å². The quantitative estimate of drug-likeness (QED) is 0.591. The Morgan fingerprint density at radius 3 is 2.69 bits per heavy atom. The summed E-state index contributed by atoms with van der Waals surface area (Å²) in [5.74, 6) is 1.39. The molecule has 7 heteroatoms. The van der Waals surface area contributed by atoms with Gasteiger partial charge in [-0.15, -0.1) is 18.2 Å². The number of hydrogen-bond acceptors (Lipinski definition) is 5. The summed E-state index contributed by atoms with van der Waals surface area (Å²) in [5, 5.41) is 5.31. The molecule has 0 aliphatic carbocycles. The number of terminal acetylenes is 1. The number of nitrogens with one attached hydrogen (secondary N) is 2. The number of thioether (sulfide) groups is 1. The molecule has 1 aliphatic rings. The molecule has 1 unspecified atom stereocenters. The maximum atomic E-state index is 12.2. The molecule has 138 valence electrons. The van der Waals surface area contributed by atoms with Crippen LogP contribution in [-0.2, 0) is 14.3 Å². The molecule has 1 aliphatic heterocycles. The Morgan fingerprint density at radius 1 is 1.38 bits per heavy atom. The first-order valence-electron chi connectivity index (χ1n) is 8.41. The molecule has 0 saturated heterocycles. The number of rotatable bonds is 6. The Balaban J connectivity index is 1.99. The molecular weight excluding hydrogens is 352 g/mol. The van der Waals surface area contributed by atoms with Gasteiger partial charge >= 0.3 is 5.97 Å². The van der Waals surface area contributed by atoms with Gasteiger partial charge in [0.25, 0.3) is 5.91 Å². The topological polar surface area (TPSA) is 84.5 Å². The van der Waals surface area contributed by atoms with Crippen molar-refractivity contribution in [1.29, 1.82) is 0 Å². The molecule has 0 aromatic heterocycles. The van der Waals surface area contributed by atoms with Gasteiger partial charge in [-0.1, -0.05) is 19.8 Å². The summed E-state index contributed by atoms with van der Waals surface area (Å²) >= 11 is 1.43. The molecule has 26 heavy (non-hydrogen) atoms. The van der Waals surface area contributed by atoms with Gasteiger partial charge in [-0.05, 0) is 38.0 Å². The van der Waals surface area contributed by atoms with Crippen LogP contribution in [0.2, 0.25) is 0 Å². The molecule has 2 N–H and O–H groups in total. The average molecular weight is 374 g/mol. The fraction of sp³-hybridized carbons (Fsp3) is 0.421. The fourth-order valence-corrected chi connectivity index (χ4v) is 3.45. The van der Waals surface area contributed by atoms with Crippen molar-refractivity contribution >= 4 is 35.2 Å². The van der Waals surface area contributed by atoms with E-state index < -0.39 is 24.0 Å². The third-order valence-electron chi connectivity index (χ3n) is 4.34. The maximum absolute atomic E-state index is 12.2. The van der Waals surface area contributed by atoms with E-state index >= 15 is 0 Å². The standard InChI is InChI=1S/C19H22N2O4S/c1-5-19(6-2,7-3)21-16(22)11-25-18(24)13-8-9-15-14(10-13)20-17(23)12(4)26-15/h1,8-10,12H,6-7,11H2,2-4H3,(H,20,23)(H,21,22). The minimum absolute atomic E-state index is 0.114. The molecule has 2 rings (SSSR count). The van der Waals surface area contributed by atoms with Crippen molar-refractivity contribution < 1.29 is 19.1 Å². The molecule has 1 heterocycles. The first-order chi connectivity index (χ1) is 12.3. The van der Waals surface area contributed by atoms with Gasteiger partial charge in [0.15, 0.2) is 6.61 Å². The summed E-state index contributed by atoms with van der Waals surface area (Å²) in [4.78, 5) is 36.9. The van der Waals surface area contributed by atoms with Gasteiger partial charge in [0.1, 0.15) is 5.54 Å². The lowest BCUT2D eigenvalue weighted by molar-refractivity contribution is -0.125. The van der Waals surface area contributed by atoms with Gasteiger partial charge in [0.05, 0.1) is 16.5 Å². The predicted molar refractivity (Wildman–Crippen MR) is 101 cm³/mol. The third kappa shape index (κ3) is 4.38. The average Bonchev–Trinajstić information content (AvgIpc) is 2.65.